The average Bonchev–Trinajstić information content (AvgIpc) is 3.15. The Hall–Kier alpha value is -3.46. The van der Waals surface area contributed by atoms with Gasteiger partial charge >= 0.3 is 5.69 Å². The minimum Gasteiger partial charge on any atom is -0.339 e. The van der Waals surface area contributed by atoms with Crippen LogP contribution in [-0.4, -0.2) is 33.8 Å². The molecule has 4 rings (SSSR count). The summed E-state index contributed by atoms with van der Waals surface area (Å²) in [6.45, 7) is 0.106. The summed E-state index contributed by atoms with van der Waals surface area (Å²) in [5.41, 5.74) is 0.580. The summed E-state index contributed by atoms with van der Waals surface area (Å²) in [5, 5.41) is 0. The van der Waals surface area contributed by atoms with Crippen LogP contribution >= 0.6 is 0 Å². The monoisotopic (exact) mass is 396 g/mol. The molecule has 0 radical (unpaired) electrons. The third kappa shape index (κ3) is 3.05. The van der Waals surface area contributed by atoms with Gasteiger partial charge in [-0.25, -0.2) is 22.8 Å². The Bertz CT molecular complexity index is 1380. The smallest absolute Gasteiger partial charge is 0.337 e. The molecule has 28 heavy (non-hydrogen) atoms. The van der Waals surface area contributed by atoms with Crippen LogP contribution < -0.4 is 11.2 Å². The summed E-state index contributed by atoms with van der Waals surface area (Å²) in [5.74, 6) is 0. The first kappa shape index (κ1) is 17.9. The zero-order chi connectivity index (χ0) is 19.9. The quantitative estimate of drug-likeness (QED) is 0.560. The van der Waals surface area contributed by atoms with E-state index in [1.54, 1.807) is 0 Å². The van der Waals surface area contributed by atoms with Gasteiger partial charge in [0.05, 0.1) is 23.5 Å². The lowest BCUT2D eigenvalue weighted by molar-refractivity contribution is 0.602. The Labute approximate surface area is 159 Å². The van der Waals surface area contributed by atoms with Crippen molar-refractivity contribution in [1.29, 1.82) is 0 Å². The highest BCUT2D eigenvalue weighted by Gasteiger charge is 2.17. The third-order valence-electron chi connectivity index (χ3n) is 4.42. The summed E-state index contributed by atoms with van der Waals surface area (Å²) in [7, 11) is -3.36. The van der Waals surface area contributed by atoms with Crippen LogP contribution in [-0.2, 0) is 16.4 Å². The van der Waals surface area contributed by atoms with E-state index in [4.69, 9.17) is 0 Å². The lowest BCUT2D eigenvalue weighted by atomic mass is 10.2. The molecule has 8 nitrogen and oxygen atoms in total. The maximum atomic E-state index is 13.1. The molecule has 0 fully saturated rings. The SMILES string of the molecule is CS(=O)(=O)c1ccc(-n2c(=O)n(Cc3ccccc3)c(=O)c3[nH]cnc32)cc1. The molecule has 0 aliphatic rings. The van der Waals surface area contributed by atoms with Crippen molar-refractivity contribution in [3.63, 3.8) is 0 Å². The Morgan fingerprint density at radius 1 is 1.00 bits per heavy atom. The van der Waals surface area contributed by atoms with Crippen LogP contribution in [0, 0.1) is 0 Å². The molecule has 142 valence electrons. The third-order valence-corrected chi connectivity index (χ3v) is 5.55. The lowest BCUT2D eigenvalue weighted by Gasteiger charge is -2.12. The van der Waals surface area contributed by atoms with Crippen LogP contribution in [0.4, 0.5) is 0 Å². The van der Waals surface area contributed by atoms with Gasteiger partial charge in [-0.15, -0.1) is 0 Å². The van der Waals surface area contributed by atoms with Gasteiger partial charge in [-0.1, -0.05) is 30.3 Å². The Balaban J connectivity index is 1.95. The molecular formula is C19H16N4O4S. The van der Waals surface area contributed by atoms with Gasteiger partial charge < -0.3 is 4.98 Å². The Kier molecular flexibility index (Phi) is 4.23. The van der Waals surface area contributed by atoms with Gasteiger partial charge in [0, 0.05) is 6.26 Å². The fourth-order valence-corrected chi connectivity index (χ4v) is 3.66. The minimum atomic E-state index is -3.36. The van der Waals surface area contributed by atoms with Crippen molar-refractivity contribution in [1.82, 2.24) is 19.1 Å². The summed E-state index contributed by atoms with van der Waals surface area (Å²) >= 11 is 0. The van der Waals surface area contributed by atoms with Crippen molar-refractivity contribution in [2.75, 3.05) is 6.26 Å². The van der Waals surface area contributed by atoms with E-state index in [0.717, 1.165) is 16.4 Å². The number of H-pyrrole nitrogens is 1. The molecule has 0 saturated heterocycles. The largest absolute Gasteiger partial charge is 0.339 e. The average molecular weight is 396 g/mol. The van der Waals surface area contributed by atoms with E-state index >= 15 is 0 Å². The molecule has 0 amide bonds. The van der Waals surface area contributed by atoms with Crippen LogP contribution in [0.3, 0.4) is 0 Å². The summed E-state index contributed by atoms with van der Waals surface area (Å²) < 4.78 is 25.8. The fraction of sp³-hybridized carbons (Fsp3) is 0.105. The van der Waals surface area contributed by atoms with Gasteiger partial charge in [0.25, 0.3) is 5.56 Å². The van der Waals surface area contributed by atoms with E-state index in [0.29, 0.717) is 5.69 Å². The van der Waals surface area contributed by atoms with Gasteiger partial charge in [-0.2, -0.15) is 0 Å². The number of benzene rings is 2. The number of imidazole rings is 1. The first-order chi connectivity index (χ1) is 13.4. The fourth-order valence-electron chi connectivity index (χ4n) is 3.03. The van der Waals surface area contributed by atoms with Crippen molar-refractivity contribution in [3.05, 3.63) is 87.3 Å². The van der Waals surface area contributed by atoms with Crippen LogP contribution in [0.15, 0.2) is 75.4 Å². The molecule has 0 aliphatic heterocycles. The summed E-state index contributed by atoms with van der Waals surface area (Å²) in [6.07, 6.45) is 2.46. The molecule has 0 bridgehead atoms. The summed E-state index contributed by atoms with van der Waals surface area (Å²) in [4.78, 5) is 33.0. The predicted octanol–water partition coefficient (Wildman–Crippen LogP) is 1.33. The van der Waals surface area contributed by atoms with E-state index in [2.05, 4.69) is 9.97 Å². The number of nitrogens with one attached hydrogen (secondary N) is 1. The predicted molar refractivity (Wildman–Crippen MR) is 105 cm³/mol. The second-order valence-corrected chi connectivity index (χ2v) is 8.38. The van der Waals surface area contributed by atoms with E-state index < -0.39 is 21.1 Å². The van der Waals surface area contributed by atoms with Crippen LogP contribution in [0.25, 0.3) is 16.9 Å². The highest BCUT2D eigenvalue weighted by molar-refractivity contribution is 7.90. The molecule has 0 atom stereocenters. The molecule has 2 heterocycles. The van der Waals surface area contributed by atoms with Crippen molar-refractivity contribution < 1.29 is 8.42 Å². The normalized spacial score (nSPS) is 11.8. The van der Waals surface area contributed by atoms with E-state index in [9.17, 15) is 18.0 Å². The molecule has 0 saturated carbocycles. The van der Waals surface area contributed by atoms with Crippen LogP contribution in [0.2, 0.25) is 0 Å². The highest BCUT2D eigenvalue weighted by atomic mass is 32.2. The van der Waals surface area contributed by atoms with E-state index in [-0.39, 0.29) is 22.6 Å². The van der Waals surface area contributed by atoms with E-state index in [1.165, 1.54) is 35.2 Å². The standard InChI is InChI=1S/C19H16N4O4S/c1-28(26,27)15-9-7-14(8-10-15)23-17-16(20-12-21-17)18(24)22(19(23)25)11-13-5-3-2-4-6-13/h2-10,12H,11H2,1H3,(H,20,21). The molecular weight excluding hydrogens is 380 g/mol. The van der Waals surface area contributed by atoms with Gasteiger partial charge in [-0.05, 0) is 29.8 Å². The molecule has 0 aliphatic carbocycles. The molecule has 0 unspecified atom stereocenters. The molecule has 4 aromatic rings. The second kappa shape index (κ2) is 6.61. The first-order valence-corrected chi connectivity index (χ1v) is 10.3. The molecule has 2 aromatic carbocycles. The number of sulfone groups is 1. The topological polar surface area (TPSA) is 107 Å². The number of hydrogen-bond acceptors (Lipinski definition) is 5. The van der Waals surface area contributed by atoms with Crippen molar-refractivity contribution in [3.8, 4) is 5.69 Å². The van der Waals surface area contributed by atoms with Crippen molar-refractivity contribution >= 4 is 21.0 Å². The number of rotatable bonds is 4. The Morgan fingerprint density at radius 2 is 1.68 bits per heavy atom. The lowest BCUT2D eigenvalue weighted by Crippen LogP contribution is -2.39. The Morgan fingerprint density at radius 3 is 2.32 bits per heavy atom. The molecule has 1 N–H and O–H groups in total. The van der Waals surface area contributed by atoms with Gasteiger partial charge in [0.2, 0.25) is 0 Å². The maximum Gasteiger partial charge on any atom is 0.337 e. The maximum absolute atomic E-state index is 13.1. The minimum absolute atomic E-state index is 0.106. The molecule has 2 aromatic heterocycles. The van der Waals surface area contributed by atoms with Crippen molar-refractivity contribution in [2.24, 2.45) is 0 Å². The van der Waals surface area contributed by atoms with Gasteiger partial charge in [0.15, 0.2) is 15.5 Å². The zero-order valence-electron chi connectivity index (χ0n) is 14.9. The molecule has 9 heteroatoms. The first-order valence-electron chi connectivity index (χ1n) is 8.39. The number of fused-ring (bicyclic) bond motifs is 1. The number of aromatic amines is 1. The van der Waals surface area contributed by atoms with Gasteiger partial charge in [-0.3, -0.25) is 9.36 Å². The zero-order valence-corrected chi connectivity index (χ0v) is 15.7. The van der Waals surface area contributed by atoms with Crippen LogP contribution in [0.5, 0.6) is 0 Å². The second-order valence-electron chi connectivity index (χ2n) is 6.36. The summed E-state index contributed by atoms with van der Waals surface area (Å²) in [6, 6.07) is 15.0. The number of nitrogens with zero attached hydrogens (tertiary/aromatic N) is 3. The number of aromatic nitrogens is 4. The molecule has 0 spiro atoms. The van der Waals surface area contributed by atoms with E-state index in [1.807, 2.05) is 30.3 Å². The van der Waals surface area contributed by atoms with Crippen molar-refractivity contribution in [2.45, 2.75) is 11.4 Å². The van der Waals surface area contributed by atoms with Crippen LogP contribution in [0.1, 0.15) is 5.56 Å². The highest BCUT2D eigenvalue weighted by Crippen LogP contribution is 2.15. The van der Waals surface area contributed by atoms with Gasteiger partial charge in [0.1, 0.15) is 5.52 Å². The number of hydrogen-bond donors (Lipinski definition) is 1.